The van der Waals surface area contributed by atoms with Gasteiger partial charge in [0.15, 0.2) is 0 Å². The lowest BCUT2D eigenvalue weighted by molar-refractivity contribution is -0.119. The predicted octanol–water partition coefficient (Wildman–Crippen LogP) is 4.67. The fourth-order valence-corrected chi connectivity index (χ4v) is 4.60. The van der Waals surface area contributed by atoms with Crippen molar-refractivity contribution >= 4 is 17.5 Å². The lowest BCUT2D eigenvalue weighted by Crippen LogP contribution is -2.36. The number of carbonyl (C=O) groups is 2. The normalized spacial score (nSPS) is 15.8. The van der Waals surface area contributed by atoms with Crippen molar-refractivity contribution in [2.75, 3.05) is 11.4 Å². The van der Waals surface area contributed by atoms with Crippen molar-refractivity contribution in [1.29, 1.82) is 0 Å². The molecule has 0 N–H and O–H groups in total. The smallest absolute Gasteiger partial charge is 0.255 e. The highest BCUT2D eigenvalue weighted by atomic mass is 16.2. The van der Waals surface area contributed by atoms with Crippen LogP contribution in [-0.2, 0) is 17.8 Å². The third kappa shape index (κ3) is 3.18. The second kappa shape index (κ2) is 7.45. The molecule has 2 aliphatic rings. The van der Waals surface area contributed by atoms with Gasteiger partial charge in [-0.3, -0.25) is 9.59 Å². The van der Waals surface area contributed by atoms with E-state index in [-0.39, 0.29) is 24.3 Å². The maximum absolute atomic E-state index is 13.4. The average Bonchev–Trinajstić information content (AvgIpc) is 3.34. The number of para-hydroxylation sites is 1. The van der Waals surface area contributed by atoms with Crippen LogP contribution >= 0.6 is 0 Å². The Morgan fingerprint density at radius 1 is 0.933 bits per heavy atom. The molecule has 2 amide bonds. The highest BCUT2D eigenvalue weighted by Crippen LogP contribution is 2.35. The Balaban J connectivity index is 1.46. The number of rotatable bonds is 4. The Morgan fingerprint density at radius 3 is 2.40 bits per heavy atom. The first-order valence-electron chi connectivity index (χ1n) is 10.5. The van der Waals surface area contributed by atoms with Crippen LogP contribution in [0.2, 0.25) is 0 Å². The van der Waals surface area contributed by atoms with Crippen molar-refractivity contribution in [2.24, 2.45) is 0 Å². The second-order valence-electron chi connectivity index (χ2n) is 8.14. The monoisotopic (exact) mass is 396 g/mol. The van der Waals surface area contributed by atoms with Crippen molar-refractivity contribution in [3.63, 3.8) is 0 Å². The molecule has 0 saturated heterocycles. The van der Waals surface area contributed by atoms with Crippen molar-refractivity contribution in [3.05, 3.63) is 101 Å². The van der Waals surface area contributed by atoms with Crippen molar-refractivity contribution < 1.29 is 9.59 Å². The third-order valence-electron chi connectivity index (χ3n) is 6.24. The Labute approximate surface area is 176 Å². The highest BCUT2D eigenvalue weighted by Gasteiger charge is 2.36. The van der Waals surface area contributed by atoms with Gasteiger partial charge in [0, 0.05) is 24.3 Å². The molecule has 0 unspecified atom stereocenters. The fraction of sp³-hybridized carbons (Fsp3) is 0.231. The van der Waals surface area contributed by atoms with E-state index in [2.05, 4.69) is 6.07 Å². The summed E-state index contributed by atoms with van der Waals surface area (Å²) in [5.41, 5.74) is 6.15. The minimum atomic E-state index is -0.286. The summed E-state index contributed by atoms with van der Waals surface area (Å²) in [6.45, 7) is 3.28. The van der Waals surface area contributed by atoms with E-state index in [4.69, 9.17) is 0 Å². The summed E-state index contributed by atoms with van der Waals surface area (Å²) in [6, 6.07) is 23.7. The molecule has 3 aromatic carbocycles. The van der Waals surface area contributed by atoms with E-state index in [1.165, 1.54) is 5.56 Å². The van der Waals surface area contributed by atoms with Gasteiger partial charge in [-0.05, 0) is 42.2 Å². The number of hydrogen-bond donors (Lipinski definition) is 0. The number of carbonyl (C=O) groups excluding carboxylic acids is 2. The second-order valence-corrected chi connectivity index (χ2v) is 8.14. The molecule has 3 aromatic rings. The van der Waals surface area contributed by atoms with E-state index in [1.807, 2.05) is 83.5 Å². The molecule has 30 heavy (non-hydrogen) atoms. The van der Waals surface area contributed by atoms with Gasteiger partial charge in [-0.1, -0.05) is 66.2 Å². The first-order valence-corrected chi connectivity index (χ1v) is 10.5. The van der Waals surface area contributed by atoms with Crippen LogP contribution in [0.4, 0.5) is 5.69 Å². The van der Waals surface area contributed by atoms with Gasteiger partial charge < -0.3 is 9.80 Å². The zero-order valence-electron chi connectivity index (χ0n) is 17.0. The predicted molar refractivity (Wildman–Crippen MR) is 117 cm³/mol. The van der Waals surface area contributed by atoms with E-state index in [0.717, 1.165) is 34.4 Å². The standard InChI is InChI=1S/C26H24N2O2/c1-18-10-12-20(13-11-18)24(28-17-21-7-2-4-8-22(21)26(28)30)16-25(29)27-15-14-19-6-3-5-9-23(19)27/h2-13,24H,14-17H2,1H3/t24-/m1/s1. The Hall–Kier alpha value is -3.40. The zero-order chi connectivity index (χ0) is 20.7. The van der Waals surface area contributed by atoms with E-state index >= 15 is 0 Å². The highest BCUT2D eigenvalue weighted by molar-refractivity contribution is 6.00. The average molecular weight is 396 g/mol. The van der Waals surface area contributed by atoms with Gasteiger partial charge in [-0.25, -0.2) is 0 Å². The largest absolute Gasteiger partial charge is 0.327 e. The summed E-state index contributed by atoms with van der Waals surface area (Å²) >= 11 is 0. The SMILES string of the molecule is Cc1ccc([C@@H](CC(=O)N2CCc3ccccc32)N2Cc3ccccc3C2=O)cc1. The molecule has 4 nitrogen and oxygen atoms in total. The van der Waals surface area contributed by atoms with Crippen LogP contribution in [0.1, 0.15) is 45.1 Å². The minimum Gasteiger partial charge on any atom is -0.327 e. The van der Waals surface area contributed by atoms with Crippen LogP contribution in [0.3, 0.4) is 0 Å². The molecule has 0 aliphatic carbocycles. The Morgan fingerprint density at radius 2 is 1.63 bits per heavy atom. The van der Waals surface area contributed by atoms with Gasteiger partial charge in [0.05, 0.1) is 12.5 Å². The minimum absolute atomic E-state index is 0.00537. The molecule has 1 atom stereocenters. The molecular formula is C26H24N2O2. The molecule has 2 aliphatic heterocycles. The summed E-state index contributed by atoms with van der Waals surface area (Å²) in [4.78, 5) is 30.3. The summed E-state index contributed by atoms with van der Waals surface area (Å²) in [5.74, 6) is 0.0695. The molecule has 5 rings (SSSR count). The first-order chi connectivity index (χ1) is 14.6. The molecule has 4 heteroatoms. The molecule has 0 aromatic heterocycles. The first kappa shape index (κ1) is 18.6. The number of hydrogen-bond acceptors (Lipinski definition) is 2. The molecular weight excluding hydrogens is 372 g/mol. The molecule has 0 fully saturated rings. The third-order valence-corrected chi connectivity index (χ3v) is 6.24. The van der Waals surface area contributed by atoms with Crippen LogP contribution in [-0.4, -0.2) is 23.3 Å². The number of fused-ring (bicyclic) bond motifs is 2. The molecule has 0 bridgehead atoms. The molecule has 150 valence electrons. The summed E-state index contributed by atoms with van der Waals surface area (Å²) < 4.78 is 0. The topological polar surface area (TPSA) is 40.6 Å². The van der Waals surface area contributed by atoms with Crippen LogP contribution in [0.25, 0.3) is 0 Å². The zero-order valence-corrected chi connectivity index (χ0v) is 17.0. The molecule has 2 heterocycles. The fourth-order valence-electron chi connectivity index (χ4n) is 4.60. The summed E-state index contributed by atoms with van der Waals surface area (Å²) in [5, 5.41) is 0. The number of anilines is 1. The van der Waals surface area contributed by atoms with Gasteiger partial charge >= 0.3 is 0 Å². The van der Waals surface area contributed by atoms with E-state index < -0.39 is 0 Å². The number of aryl methyl sites for hydroxylation is 1. The van der Waals surface area contributed by atoms with Crippen molar-refractivity contribution in [2.45, 2.75) is 32.4 Å². The van der Waals surface area contributed by atoms with Gasteiger partial charge in [-0.15, -0.1) is 0 Å². The van der Waals surface area contributed by atoms with E-state index in [0.29, 0.717) is 13.1 Å². The van der Waals surface area contributed by atoms with Crippen molar-refractivity contribution in [1.82, 2.24) is 4.90 Å². The van der Waals surface area contributed by atoms with Crippen LogP contribution in [0, 0.1) is 6.92 Å². The lowest BCUT2D eigenvalue weighted by Gasteiger charge is -2.30. The van der Waals surface area contributed by atoms with Crippen LogP contribution < -0.4 is 4.90 Å². The Kier molecular flexibility index (Phi) is 4.62. The summed E-state index contributed by atoms with van der Waals surface area (Å²) in [7, 11) is 0. The maximum Gasteiger partial charge on any atom is 0.255 e. The van der Waals surface area contributed by atoms with E-state index in [1.54, 1.807) is 0 Å². The number of benzene rings is 3. The quantitative estimate of drug-likeness (QED) is 0.643. The lowest BCUT2D eigenvalue weighted by atomic mass is 10.00. The van der Waals surface area contributed by atoms with Gasteiger partial charge in [0.25, 0.3) is 5.91 Å². The van der Waals surface area contributed by atoms with Gasteiger partial charge in [0.2, 0.25) is 5.91 Å². The molecule has 0 saturated carbocycles. The number of nitrogens with zero attached hydrogens (tertiary/aromatic N) is 2. The van der Waals surface area contributed by atoms with Crippen LogP contribution in [0.15, 0.2) is 72.8 Å². The Bertz CT molecular complexity index is 1120. The van der Waals surface area contributed by atoms with Gasteiger partial charge in [-0.2, -0.15) is 0 Å². The van der Waals surface area contributed by atoms with E-state index in [9.17, 15) is 9.59 Å². The maximum atomic E-state index is 13.4. The molecule has 0 radical (unpaired) electrons. The van der Waals surface area contributed by atoms with Gasteiger partial charge in [0.1, 0.15) is 0 Å². The van der Waals surface area contributed by atoms with Crippen molar-refractivity contribution in [3.8, 4) is 0 Å². The molecule has 0 spiro atoms. The summed E-state index contributed by atoms with van der Waals surface area (Å²) in [6.07, 6.45) is 1.16. The van der Waals surface area contributed by atoms with Crippen LogP contribution in [0.5, 0.6) is 0 Å². The number of amides is 2.